The maximum absolute atomic E-state index is 11.7. The summed E-state index contributed by atoms with van der Waals surface area (Å²) in [6, 6.07) is 0. The van der Waals surface area contributed by atoms with Crippen LogP contribution >= 0.6 is 0 Å². The van der Waals surface area contributed by atoms with Gasteiger partial charge >= 0.3 is 6.18 Å². The van der Waals surface area contributed by atoms with E-state index in [-0.39, 0.29) is 6.42 Å². The van der Waals surface area contributed by atoms with Crippen LogP contribution in [0, 0.1) is 5.25 Å². The number of hydrogen-bond acceptors (Lipinski definition) is 2. The molecule has 0 amide bonds. The molecule has 0 atom stereocenters. The van der Waals surface area contributed by atoms with Gasteiger partial charge in [0.05, 0.1) is 0 Å². The van der Waals surface area contributed by atoms with E-state index >= 15 is 0 Å². The minimum atomic E-state index is -4.44. The molecule has 0 spiro atoms. The predicted octanol–water partition coefficient (Wildman–Crippen LogP) is 1.93. The molecule has 0 aromatic rings. The maximum Gasteiger partial charge on any atom is 0.364 e. The lowest BCUT2D eigenvalue weighted by Crippen LogP contribution is -2.19. The van der Waals surface area contributed by atoms with Gasteiger partial charge in [-0.3, -0.25) is 8.42 Å². The Balaban J connectivity index is 4.41. The summed E-state index contributed by atoms with van der Waals surface area (Å²) in [5.74, 6) is 0. The third-order valence-corrected chi connectivity index (χ3v) is 2.80. The summed E-state index contributed by atoms with van der Waals surface area (Å²) in [7, 11) is -3.65. The SMILES string of the molecule is CC[C-](CC(F)(F)F)S(C)(=O)=O. The van der Waals surface area contributed by atoms with Gasteiger partial charge in [-0.2, -0.15) is 24.8 Å². The second-order valence-electron chi connectivity index (χ2n) is 2.46. The van der Waals surface area contributed by atoms with Gasteiger partial charge in [0.2, 0.25) is 0 Å². The van der Waals surface area contributed by atoms with Gasteiger partial charge in [0.25, 0.3) is 0 Å². The van der Waals surface area contributed by atoms with Crippen molar-refractivity contribution in [3.8, 4) is 0 Å². The lowest BCUT2D eigenvalue weighted by Gasteiger charge is -2.27. The van der Waals surface area contributed by atoms with Crippen LogP contribution in [0.1, 0.15) is 19.8 Å². The molecule has 0 aliphatic carbocycles. The first-order chi connectivity index (χ1) is 5.17. The molecule has 0 fully saturated rings. The van der Waals surface area contributed by atoms with Crippen molar-refractivity contribution in [2.24, 2.45) is 0 Å². The van der Waals surface area contributed by atoms with Crippen LogP contribution in [0.25, 0.3) is 0 Å². The smallest absolute Gasteiger partial charge is 0.262 e. The molecule has 0 unspecified atom stereocenters. The van der Waals surface area contributed by atoms with Crippen LogP contribution in [0.5, 0.6) is 0 Å². The quantitative estimate of drug-likeness (QED) is 0.657. The molecule has 74 valence electrons. The lowest BCUT2D eigenvalue weighted by molar-refractivity contribution is -0.129. The van der Waals surface area contributed by atoms with Crippen molar-refractivity contribution in [1.82, 2.24) is 0 Å². The van der Waals surface area contributed by atoms with Crippen molar-refractivity contribution >= 4 is 9.84 Å². The Morgan fingerprint density at radius 1 is 1.33 bits per heavy atom. The zero-order valence-corrected chi connectivity index (χ0v) is 7.59. The van der Waals surface area contributed by atoms with E-state index in [1.54, 1.807) is 0 Å². The third kappa shape index (κ3) is 4.58. The summed E-state index contributed by atoms with van der Waals surface area (Å²) in [6.45, 7) is 1.39. The molecule has 0 rings (SSSR count). The second-order valence-corrected chi connectivity index (χ2v) is 4.58. The highest BCUT2D eigenvalue weighted by Crippen LogP contribution is 2.30. The molecule has 0 aromatic carbocycles. The summed E-state index contributed by atoms with van der Waals surface area (Å²) in [4.78, 5) is 0. The van der Waals surface area contributed by atoms with E-state index in [0.29, 0.717) is 0 Å². The molecule has 12 heavy (non-hydrogen) atoms. The van der Waals surface area contributed by atoms with Gasteiger partial charge in [0, 0.05) is 16.1 Å². The summed E-state index contributed by atoms with van der Waals surface area (Å²) < 4.78 is 56.6. The van der Waals surface area contributed by atoms with Crippen molar-refractivity contribution in [3.05, 3.63) is 5.25 Å². The highest BCUT2D eigenvalue weighted by Gasteiger charge is 2.26. The molecule has 0 heterocycles. The van der Waals surface area contributed by atoms with E-state index in [1.807, 2.05) is 0 Å². The largest absolute Gasteiger partial charge is 0.364 e. The van der Waals surface area contributed by atoms with Crippen LogP contribution in [-0.4, -0.2) is 20.8 Å². The Kier molecular flexibility index (Phi) is 3.56. The summed E-state index contributed by atoms with van der Waals surface area (Å²) in [5.41, 5.74) is 0. The van der Waals surface area contributed by atoms with Crippen molar-refractivity contribution in [2.45, 2.75) is 25.9 Å². The van der Waals surface area contributed by atoms with Gasteiger partial charge in [-0.1, -0.05) is 13.3 Å². The molecule has 0 aliphatic heterocycles. The molecule has 0 aromatic heterocycles. The molecule has 0 saturated carbocycles. The normalized spacial score (nSPS) is 13.8. The van der Waals surface area contributed by atoms with E-state index in [0.717, 1.165) is 6.26 Å². The molecular formula is C6H10F3O2S-. The average molecular weight is 203 g/mol. The van der Waals surface area contributed by atoms with Crippen molar-refractivity contribution < 1.29 is 21.6 Å². The molecule has 2 nitrogen and oxygen atoms in total. The number of hydrogen-bond donors (Lipinski definition) is 0. The van der Waals surface area contributed by atoms with Gasteiger partial charge in [-0.25, -0.2) is 0 Å². The number of halogens is 3. The Morgan fingerprint density at radius 3 is 1.83 bits per heavy atom. The zero-order chi connectivity index (χ0) is 9.99. The van der Waals surface area contributed by atoms with Crippen molar-refractivity contribution in [1.29, 1.82) is 0 Å². The van der Waals surface area contributed by atoms with E-state index in [2.05, 4.69) is 0 Å². The first-order valence-corrected chi connectivity index (χ1v) is 5.17. The molecule has 0 radical (unpaired) electrons. The highest BCUT2D eigenvalue weighted by atomic mass is 32.2. The first-order valence-electron chi connectivity index (χ1n) is 3.28. The second kappa shape index (κ2) is 3.64. The van der Waals surface area contributed by atoms with E-state index in [1.165, 1.54) is 6.92 Å². The Bertz CT molecular complexity index is 230. The fourth-order valence-electron chi connectivity index (χ4n) is 0.742. The average Bonchev–Trinajstić information content (AvgIpc) is 1.78. The third-order valence-electron chi connectivity index (χ3n) is 1.32. The fraction of sp³-hybridized carbons (Fsp3) is 0.833. The summed E-state index contributed by atoms with van der Waals surface area (Å²) >= 11 is 0. The van der Waals surface area contributed by atoms with E-state index in [9.17, 15) is 21.6 Å². The highest BCUT2D eigenvalue weighted by molar-refractivity contribution is 7.93. The van der Waals surface area contributed by atoms with Crippen molar-refractivity contribution in [3.63, 3.8) is 0 Å². The Morgan fingerprint density at radius 2 is 1.75 bits per heavy atom. The maximum atomic E-state index is 11.7. The van der Waals surface area contributed by atoms with Crippen molar-refractivity contribution in [2.75, 3.05) is 6.26 Å². The molecule has 0 aliphatic rings. The van der Waals surface area contributed by atoms with E-state index < -0.39 is 27.7 Å². The molecule has 0 saturated heterocycles. The first kappa shape index (κ1) is 11.7. The van der Waals surface area contributed by atoms with Crippen LogP contribution in [0.3, 0.4) is 0 Å². The summed E-state index contributed by atoms with van der Waals surface area (Å²) in [5, 5.41) is -0.463. The van der Waals surface area contributed by atoms with Gasteiger partial charge in [0.15, 0.2) is 0 Å². The molecular weight excluding hydrogens is 193 g/mol. The molecule has 0 N–H and O–H groups in total. The predicted molar refractivity (Wildman–Crippen MR) is 39.0 cm³/mol. The monoisotopic (exact) mass is 203 g/mol. The Labute approximate surface area is 69.7 Å². The molecule has 6 heteroatoms. The van der Waals surface area contributed by atoms with Crippen LogP contribution < -0.4 is 0 Å². The minimum Gasteiger partial charge on any atom is -0.262 e. The minimum absolute atomic E-state index is 0.0850. The van der Waals surface area contributed by atoms with Gasteiger partial charge in [-0.15, -0.1) is 0 Å². The van der Waals surface area contributed by atoms with Crippen LogP contribution in [0.4, 0.5) is 13.2 Å². The number of rotatable bonds is 3. The van der Waals surface area contributed by atoms with Gasteiger partial charge in [-0.05, 0) is 0 Å². The van der Waals surface area contributed by atoms with Crippen LogP contribution in [0.2, 0.25) is 0 Å². The Hall–Kier alpha value is -0.260. The standard InChI is InChI=1S/C6H10F3O2S/c1-3-5(12(2,10)11)4-6(7,8)9/h3-4H2,1-2H3/q-1. The topological polar surface area (TPSA) is 34.1 Å². The van der Waals surface area contributed by atoms with Gasteiger partial charge < -0.3 is 0 Å². The van der Waals surface area contributed by atoms with Crippen LogP contribution in [0.15, 0.2) is 0 Å². The summed E-state index contributed by atoms with van der Waals surface area (Å²) in [6.07, 6.45) is -5.06. The number of sulfone groups is 1. The van der Waals surface area contributed by atoms with E-state index in [4.69, 9.17) is 0 Å². The zero-order valence-electron chi connectivity index (χ0n) is 6.77. The lowest BCUT2D eigenvalue weighted by atomic mass is 10.2. The van der Waals surface area contributed by atoms with Gasteiger partial charge in [0.1, 0.15) is 0 Å². The number of alkyl halides is 3. The van der Waals surface area contributed by atoms with Crippen LogP contribution in [-0.2, 0) is 9.84 Å². The fourth-order valence-corrected chi connectivity index (χ4v) is 1.69. The molecule has 0 bridgehead atoms.